The number of hydrogen-bond acceptors (Lipinski definition) is 5. The van der Waals surface area contributed by atoms with E-state index < -0.39 is 0 Å². The summed E-state index contributed by atoms with van der Waals surface area (Å²) in [6.07, 6.45) is 1.30. The summed E-state index contributed by atoms with van der Waals surface area (Å²) in [5, 5.41) is 18.6. The number of halogens is 1. The minimum absolute atomic E-state index is 0.216. The molecule has 0 aliphatic rings. The van der Waals surface area contributed by atoms with Gasteiger partial charge in [-0.1, -0.05) is 36.4 Å². The van der Waals surface area contributed by atoms with Crippen molar-refractivity contribution in [2.75, 3.05) is 0 Å². The Balaban J connectivity index is 1.56. The summed E-state index contributed by atoms with van der Waals surface area (Å²) in [5.74, 6) is 0.291. The summed E-state index contributed by atoms with van der Waals surface area (Å²) in [5.41, 5.74) is 3.07. The molecule has 0 radical (unpaired) electrons. The molecule has 0 saturated heterocycles. The molecule has 5 nitrogen and oxygen atoms in total. The number of nitrogens with one attached hydrogen (secondary N) is 1. The van der Waals surface area contributed by atoms with Crippen LogP contribution in [0.1, 0.15) is 11.1 Å². The van der Waals surface area contributed by atoms with Gasteiger partial charge in [-0.15, -0.1) is 20.4 Å². The summed E-state index contributed by atoms with van der Waals surface area (Å²) < 4.78 is 12.8. The molecule has 22 heavy (non-hydrogen) atoms. The lowest BCUT2D eigenvalue weighted by Crippen LogP contribution is -2.12. The van der Waals surface area contributed by atoms with Crippen molar-refractivity contribution in [2.45, 2.75) is 13.1 Å². The number of aromatic nitrogens is 4. The lowest BCUT2D eigenvalue weighted by molar-refractivity contribution is 0.625. The highest BCUT2D eigenvalue weighted by Gasteiger charge is 2.01. The zero-order chi connectivity index (χ0) is 15.2. The highest BCUT2D eigenvalue weighted by molar-refractivity contribution is 5.53. The molecule has 3 aromatic rings. The second kappa shape index (κ2) is 6.82. The van der Waals surface area contributed by atoms with Gasteiger partial charge in [0.2, 0.25) is 5.82 Å². The molecule has 0 aliphatic heterocycles. The van der Waals surface area contributed by atoms with Crippen LogP contribution in [0.15, 0.2) is 54.9 Å². The Morgan fingerprint density at radius 3 is 1.91 bits per heavy atom. The van der Waals surface area contributed by atoms with Crippen molar-refractivity contribution >= 4 is 0 Å². The molecule has 0 fully saturated rings. The van der Waals surface area contributed by atoms with Gasteiger partial charge in [-0.3, -0.25) is 0 Å². The quantitative estimate of drug-likeness (QED) is 0.782. The first kappa shape index (κ1) is 14.2. The van der Waals surface area contributed by atoms with Crippen molar-refractivity contribution in [1.29, 1.82) is 0 Å². The normalized spacial score (nSPS) is 10.6. The lowest BCUT2D eigenvalue weighted by atomic mass is 10.1. The molecule has 0 amide bonds. The van der Waals surface area contributed by atoms with Crippen LogP contribution in [0.3, 0.4) is 0 Å². The van der Waals surface area contributed by atoms with E-state index >= 15 is 0 Å². The zero-order valence-electron chi connectivity index (χ0n) is 11.8. The maximum absolute atomic E-state index is 12.8. The van der Waals surface area contributed by atoms with E-state index in [1.807, 2.05) is 24.3 Å². The Hall–Kier alpha value is -2.73. The molecule has 0 bridgehead atoms. The van der Waals surface area contributed by atoms with E-state index in [9.17, 15) is 4.39 Å². The van der Waals surface area contributed by atoms with Gasteiger partial charge in [0.15, 0.2) is 6.33 Å². The molecule has 0 atom stereocenters. The predicted molar refractivity (Wildman–Crippen MR) is 80.0 cm³/mol. The highest BCUT2D eigenvalue weighted by Crippen LogP contribution is 2.13. The van der Waals surface area contributed by atoms with Gasteiger partial charge >= 0.3 is 0 Å². The van der Waals surface area contributed by atoms with Gasteiger partial charge in [0, 0.05) is 18.7 Å². The van der Waals surface area contributed by atoms with Crippen LogP contribution in [-0.4, -0.2) is 20.4 Å². The Bertz CT molecular complexity index is 714. The minimum Gasteiger partial charge on any atom is -0.309 e. The standard InChI is InChI=1S/C16H14FN5/c17-15-7-3-13(4-8-15)10-18-9-12-1-5-14(6-2-12)16-21-19-11-20-22-16/h1-8,11,18H,9-10H2/i17-1. The fourth-order valence-corrected chi connectivity index (χ4v) is 2.04. The number of hydrogen-bond donors (Lipinski definition) is 1. The van der Waals surface area contributed by atoms with Crippen LogP contribution in [0.4, 0.5) is 4.39 Å². The average Bonchev–Trinajstić information content (AvgIpc) is 2.58. The second-order valence-electron chi connectivity index (χ2n) is 4.80. The Morgan fingerprint density at radius 2 is 1.32 bits per heavy atom. The van der Waals surface area contributed by atoms with Crippen LogP contribution < -0.4 is 5.32 Å². The number of nitrogens with zero attached hydrogens (tertiary/aromatic N) is 4. The van der Waals surface area contributed by atoms with Crippen molar-refractivity contribution in [1.82, 2.24) is 25.7 Å². The smallest absolute Gasteiger partial charge is 0.203 e. The molecule has 1 heterocycles. The van der Waals surface area contributed by atoms with E-state index in [1.54, 1.807) is 12.1 Å². The molecule has 110 valence electrons. The predicted octanol–water partition coefficient (Wildman–Crippen LogP) is 2.36. The van der Waals surface area contributed by atoms with Crippen molar-refractivity contribution < 1.29 is 4.39 Å². The topological polar surface area (TPSA) is 63.6 Å². The van der Waals surface area contributed by atoms with E-state index in [-0.39, 0.29) is 5.82 Å². The van der Waals surface area contributed by atoms with Crippen LogP contribution in [0, 0.1) is 5.82 Å². The van der Waals surface area contributed by atoms with Gasteiger partial charge in [0.05, 0.1) is 0 Å². The molecular weight excluding hydrogens is 280 g/mol. The van der Waals surface area contributed by atoms with E-state index in [1.165, 1.54) is 18.5 Å². The van der Waals surface area contributed by atoms with Gasteiger partial charge < -0.3 is 5.32 Å². The largest absolute Gasteiger partial charge is 0.309 e. The molecule has 6 heteroatoms. The molecule has 1 N–H and O–H groups in total. The van der Waals surface area contributed by atoms with E-state index in [4.69, 9.17) is 0 Å². The molecule has 1 aromatic heterocycles. The fourth-order valence-electron chi connectivity index (χ4n) is 2.04. The monoisotopic (exact) mass is 294 g/mol. The first-order valence-corrected chi connectivity index (χ1v) is 6.86. The highest BCUT2D eigenvalue weighted by atomic mass is 18.2. The van der Waals surface area contributed by atoms with Gasteiger partial charge in [-0.2, -0.15) is 0 Å². The first-order valence-electron chi connectivity index (χ1n) is 6.86. The molecule has 3 rings (SSSR count). The van der Waals surface area contributed by atoms with E-state index in [0.29, 0.717) is 12.4 Å². The van der Waals surface area contributed by atoms with E-state index in [0.717, 1.165) is 23.2 Å². The van der Waals surface area contributed by atoms with Crippen molar-refractivity contribution in [3.63, 3.8) is 0 Å². The number of benzene rings is 2. The summed E-state index contributed by atoms with van der Waals surface area (Å²) in [6.45, 7) is 1.42. The van der Waals surface area contributed by atoms with E-state index in [2.05, 4.69) is 25.7 Å². The molecule has 0 saturated carbocycles. The van der Waals surface area contributed by atoms with Crippen LogP contribution in [0.25, 0.3) is 11.4 Å². The zero-order valence-corrected chi connectivity index (χ0v) is 11.8. The van der Waals surface area contributed by atoms with Gasteiger partial charge in [0.1, 0.15) is 5.82 Å². The molecular formula is C16H14FN5. The Morgan fingerprint density at radius 1 is 0.773 bits per heavy atom. The number of rotatable bonds is 5. The summed E-state index contributed by atoms with van der Waals surface area (Å²) >= 11 is 0. The van der Waals surface area contributed by atoms with Crippen molar-refractivity contribution in [3.05, 3.63) is 71.8 Å². The summed E-state index contributed by atoms with van der Waals surface area (Å²) in [6, 6.07) is 14.4. The molecule has 0 spiro atoms. The average molecular weight is 294 g/mol. The first-order chi connectivity index (χ1) is 10.8. The SMILES string of the molecule is [18F]c1ccc(CNCc2ccc(-c3nncnn3)cc2)cc1. The summed E-state index contributed by atoms with van der Waals surface area (Å²) in [7, 11) is 0. The van der Waals surface area contributed by atoms with Crippen molar-refractivity contribution in [2.24, 2.45) is 0 Å². The van der Waals surface area contributed by atoms with Crippen LogP contribution in [0.5, 0.6) is 0 Å². The van der Waals surface area contributed by atoms with Gasteiger partial charge in [-0.05, 0) is 23.3 Å². The molecule has 2 aromatic carbocycles. The summed E-state index contributed by atoms with van der Waals surface area (Å²) in [4.78, 5) is 0. The molecule has 0 unspecified atom stereocenters. The maximum atomic E-state index is 12.8. The van der Waals surface area contributed by atoms with Crippen LogP contribution in [0.2, 0.25) is 0 Å². The minimum atomic E-state index is -0.216. The third-order valence-electron chi connectivity index (χ3n) is 3.19. The maximum Gasteiger partial charge on any atom is 0.203 e. The molecule has 0 aliphatic carbocycles. The van der Waals surface area contributed by atoms with Gasteiger partial charge in [-0.25, -0.2) is 4.39 Å². The van der Waals surface area contributed by atoms with Crippen LogP contribution >= 0.6 is 0 Å². The Kier molecular flexibility index (Phi) is 4.41. The third-order valence-corrected chi connectivity index (χ3v) is 3.19. The lowest BCUT2D eigenvalue weighted by Gasteiger charge is -2.06. The van der Waals surface area contributed by atoms with Gasteiger partial charge in [0.25, 0.3) is 0 Å². The second-order valence-corrected chi connectivity index (χ2v) is 4.80. The third kappa shape index (κ3) is 3.67. The Labute approximate surface area is 127 Å². The van der Waals surface area contributed by atoms with Crippen LogP contribution in [-0.2, 0) is 13.1 Å². The fraction of sp³-hybridized carbons (Fsp3) is 0.125. The van der Waals surface area contributed by atoms with Crippen molar-refractivity contribution in [3.8, 4) is 11.4 Å².